The third-order valence-corrected chi connectivity index (χ3v) is 7.66. The summed E-state index contributed by atoms with van der Waals surface area (Å²) in [5.74, 6) is 0.144. The molecule has 5 rings (SSSR count). The van der Waals surface area contributed by atoms with E-state index in [0.29, 0.717) is 35.3 Å². The van der Waals surface area contributed by atoms with E-state index in [1.54, 1.807) is 0 Å². The second kappa shape index (κ2) is 14.0. The SMILES string of the molecule is Oc1ccc(O)c(CN(Cc2ccc(CN(Cc3cc(O)ccc3O)Cc3cc(O)ccc3O)cc2)Cc2cc(O)ccc2O)c1. The lowest BCUT2D eigenvalue weighted by Crippen LogP contribution is -2.23. The van der Waals surface area contributed by atoms with Crippen LogP contribution >= 0.6 is 0 Å². The van der Waals surface area contributed by atoms with Crippen LogP contribution in [0.4, 0.5) is 0 Å². The van der Waals surface area contributed by atoms with Gasteiger partial charge in [-0.25, -0.2) is 0 Å². The molecule has 10 nitrogen and oxygen atoms in total. The summed E-state index contributed by atoms with van der Waals surface area (Å²) in [6, 6.07) is 25.0. The Morgan fingerprint density at radius 1 is 0.304 bits per heavy atom. The minimum atomic E-state index is 0.0138. The number of rotatable bonds is 12. The first-order valence-electron chi connectivity index (χ1n) is 14.6. The smallest absolute Gasteiger partial charge is 0.120 e. The second-order valence-electron chi connectivity index (χ2n) is 11.4. The van der Waals surface area contributed by atoms with Crippen molar-refractivity contribution >= 4 is 0 Å². The predicted octanol–water partition coefficient (Wildman–Crippen LogP) is 5.74. The summed E-state index contributed by atoms with van der Waals surface area (Å²) in [7, 11) is 0. The van der Waals surface area contributed by atoms with Gasteiger partial charge in [0.2, 0.25) is 0 Å². The Balaban J connectivity index is 1.37. The van der Waals surface area contributed by atoms with Crippen molar-refractivity contribution in [2.24, 2.45) is 0 Å². The topological polar surface area (TPSA) is 168 Å². The van der Waals surface area contributed by atoms with Gasteiger partial charge in [0.05, 0.1) is 0 Å². The molecule has 0 atom stereocenters. The fourth-order valence-electron chi connectivity index (χ4n) is 5.36. The van der Waals surface area contributed by atoms with Crippen molar-refractivity contribution in [2.45, 2.75) is 39.3 Å². The highest BCUT2D eigenvalue weighted by Crippen LogP contribution is 2.30. The van der Waals surface area contributed by atoms with Gasteiger partial charge in [0.25, 0.3) is 0 Å². The maximum atomic E-state index is 10.4. The number of phenolic OH excluding ortho intramolecular Hbond substituents is 8. The van der Waals surface area contributed by atoms with E-state index in [1.165, 1.54) is 72.8 Å². The number of phenols is 8. The lowest BCUT2D eigenvalue weighted by molar-refractivity contribution is 0.238. The molecule has 0 unspecified atom stereocenters. The van der Waals surface area contributed by atoms with E-state index in [2.05, 4.69) is 0 Å². The summed E-state index contributed by atoms with van der Waals surface area (Å²) < 4.78 is 0. The molecule has 10 heteroatoms. The largest absolute Gasteiger partial charge is 0.508 e. The zero-order valence-electron chi connectivity index (χ0n) is 25.0. The standard InChI is InChI=1S/C36H36N2O8/c39-29-5-9-33(43)25(13-29)19-37(20-26-14-30(40)6-10-34(26)44)17-23-1-2-24(4-3-23)18-38(21-27-15-31(41)7-11-35(27)45)22-28-16-32(42)8-12-36(28)46/h1-16,39-46H,17-22H2. The van der Waals surface area contributed by atoms with Crippen LogP contribution in [0.25, 0.3) is 0 Å². The molecule has 0 saturated carbocycles. The number of hydrogen-bond donors (Lipinski definition) is 8. The summed E-state index contributed by atoms with van der Waals surface area (Å²) in [4.78, 5) is 3.92. The van der Waals surface area contributed by atoms with Crippen molar-refractivity contribution in [3.63, 3.8) is 0 Å². The first-order chi connectivity index (χ1) is 22.0. The van der Waals surface area contributed by atoms with Gasteiger partial charge in [-0.1, -0.05) is 24.3 Å². The molecule has 0 bridgehead atoms. The normalized spacial score (nSPS) is 11.3. The van der Waals surface area contributed by atoms with Crippen molar-refractivity contribution < 1.29 is 40.9 Å². The molecule has 0 aliphatic rings. The minimum absolute atomic E-state index is 0.0138. The van der Waals surface area contributed by atoms with Crippen molar-refractivity contribution in [1.29, 1.82) is 0 Å². The summed E-state index contributed by atoms with van der Waals surface area (Å²) in [5.41, 5.74) is 3.83. The Kier molecular flexibility index (Phi) is 9.70. The molecule has 0 saturated heterocycles. The molecule has 238 valence electrons. The fraction of sp³-hybridized carbons (Fsp3) is 0.167. The number of hydrogen-bond acceptors (Lipinski definition) is 10. The molecule has 0 heterocycles. The van der Waals surface area contributed by atoms with Crippen molar-refractivity contribution in [3.05, 3.63) is 130 Å². The molecule has 5 aromatic carbocycles. The molecule has 0 aliphatic heterocycles. The monoisotopic (exact) mass is 624 g/mol. The first kappa shape index (κ1) is 31.8. The second-order valence-corrected chi connectivity index (χ2v) is 11.4. The van der Waals surface area contributed by atoms with E-state index < -0.39 is 0 Å². The lowest BCUT2D eigenvalue weighted by atomic mass is 10.1. The van der Waals surface area contributed by atoms with Crippen LogP contribution in [0.15, 0.2) is 97.1 Å². The highest BCUT2D eigenvalue weighted by atomic mass is 16.3. The molecule has 0 aromatic heterocycles. The molecule has 0 aliphatic carbocycles. The van der Waals surface area contributed by atoms with Gasteiger partial charge in [0.1, 0.15) is 46.0 Å². The Labute approximate surface area is 266 Å². The predicted molar refractivity (Wildman–Crippen MR) is 171 cm³/mol. The van der Waals surface area contributed by atoms with Crippen LogP contribution in [0, 0.1) is 0 Å². The van der Waals surface area contributed by atoms with Gasteiger partial charge in [-0.15, -0.1) is 0 Å². The quantitative estimate of drug-likeness (QED) is 0.0802. The van der Waals surface area contributed by atoms with E-state index >= 15 is 0 Å². The van der Waals surface area contributed by atoms with Gasteiger partial charge in [-0.2, -0.15) is 0 Å². The fourth-order valence-corrected chi connectivity index (χ4v) is 5.36. The van der Waals surface area contributed by atoms with E-state index in [9.17, 15) is 40.9 Å². The van der Waals surface area contributed by atoms with Gasteiger partial charge in [0.15, 0.2) is 0 Å². The number of nitrogens with zero attached hydrogens (tertiary/aromatic N) is 2. The summed E-state index contributed by atoms with van der Waals surface area (Å²) in [6.07, 6.45) is 0. The molecule has 0 radical (unpaired) electrons. The Morgan fingerprint density at radius 2 is 0.543 bits per heavy atom. The minimum Gasteiger partial charge on any atom is -0.508 e. The van der Waals surface area contributed by atoms with Crippen LogP contribution in [0.5, 0.6) is 46.0 Å². The van der Waals surface area contributed by atoms with Gasteiger partial charge < -0.3 is 40.9 Å². The molecule has 5 aromatic rings. The number of aromatic hydroxyl groups is 8. The summed E-state index contributed by atoms with van der Waals surface area (Å²) in [5, 5.41) is 81.7. The third kappa shape index (κ3) is 8.32. The van der Waals surface area contributed by atoms with Gasteiger partial charge in [0, 0.05) is 61.5 Å². The molecular weight excluding hydrogens is 588 g/mol. The summed E-state index contributed by atoms with van der Waals surface area (Å²) >= 11 is 0. The maximum absolute atomic E-state index is 10.4. The van der Waals surface area contributed by atoms with Gasteiger partial charge in [-0.05, 0) is 83.9 Å². The van der Waals surface area contributed by atoms with Crippen molar-refractivity contribution in [1.82, 2.24) is 9.80 Å². The molecule has 0 amide bonds. The zero-order chi connectivity index (χ0) is 32.8. The lowest BCUT2D eigenvalue weighted by Gasteiger charge is -2.25. The maximum Gasteiger partial charge on any atom is 0.120 e. The van der Waals surface area contributed by atoms with Crippen molar-refractivity contribution in [2.75, 3.05) is 0 Å². The van der Waals surface area contributed by atoms with Crippen LogP contribution in [0.2, 0.25) is 0 Å². The van der Waals surface area contributed by atoms with Crippen LogP contribution in [-0.4, -0.2) is 50.7 Å². The van der Waals surface area contributed by atoms with Gasteiger partial charge >= 0.3 is 0 Å². The average Bonchev–Trinajstić information content (AvgIpc) is 3.01. The van der Waals surface area contributed by atoms with E-state index in [0.717, 1.165) is 11.1 Å². The highest BCUT2D eigenvalue weighted by Gasteiger charge is 2.17. The van der Waals surface area contributed by atoms with E-state index in [1.807, 2.05) is 34.1 Å². The molecular formula is C36H36N2O8. The molecule has 0 spiro atoms. The molecule has 0 fully saturated rings. The summed E-state index contributed by atoms with van der Waals surface area (Å²) in [6.45, 7) is 1.78. The third-order valence-electron chi connectivity index (χ3n) is 7.66. The Bertz CT molecular complexity index is 1570. The molecule has 46 heavy (non-hydrogen) atoms. The Hall–Kier alpha value is -5.58. The van der Waals surface area contributed by atoms with E-state index in [4.69, 9.17) is 0 Å². The first-order valence-corrected chi connectivity index (χ1v) is 14.6. The van der Waals surface area contributed by atoms with E-state index in [-0.39, 0.29) is 72.2 Å². The number of benzene rings is 5. The van der Waals surface area contributed by atoms with Crippen LogP contribution < -0.4 is 0 Å². The van der Waals surface area contributed by atoms with Crippen LogP contribution in [0.1, 0.15) is 33.4 Å². The zero-order valence-corrected chi connectivity index (χ0v) is 25.0. The highest BCUT2D eigenvalue weighted by molar-refractivity contribution is 5.42. The van der Waals surface area contributed by atoms with Gasteiger partial charge in [-0.3, -0.25) is 9.80 Å². The van der Waals surface area contributed by atoms with Crippen LogP contribution in [-0.2, 0) is 39.3 Å². The van der Waals surface area contributed by atoms with Crippen LogP contribution in [0.3, 0.4) is 0 Å². The average molecular weight is 625 g/mol. The Morgan fingerprint density at radius 3 is 0.783 bits per heavy atom. The molecule has 8 N–H and O–H groups in total. The van der Waals surface area contributed by atoms with Crippen molar-refractivity contribution in [3.8, 4) is 46.0 Å².